The number of carbonyl (C=O) groups excluding carboxylic acids is 1. The molecule has 1 aromatic rings. The molecule has 1 aromatic heterocycles. The number of nitrogens with one attached hydrogen (secondary N) is 1. The molecule has 2 fully saturated rings. The molecule has 6 nitrogen and oxygen atoms in total. The highest BCUT2D eigenvalue weighted by Gasteiger charge is 2.35. The average molecular weight is 353 g/mol. The van der Waals surface area contributed by atoms with Gasteiger partial charge in [-0.25, -0.2) is 0 Å². The molecule has 1 N–H and O–H groups in total. The topological polar surface area (TPSA) is 66.0 Å². The molecule has 2 atom stereocenters. The molecular weight excluding hydrogens is 330 g/mol. The van der Waals surface area contributed by atoms with Gasteiger partial charge in [0.05, 0.1) is 6.61 Å². The number of thiophene rings is 1. The van der Waals surface area contributed by atoms with Crippen molar-refractivity contribution in [2.24, 2.45) is 11.8 Å². The van der Waals surface area contributed by atoms with Crippen molar-refractivity contribution in [2.45, 2.75) is 25.3 Å². The number of hydrogen-bond acceptors (Lipinski definition) is 6. The molecule has 3 aliphatic heterocycles. The molecule has 2 saturated heterocycles. The predicted molar refractivity (Wildman–Crippen MR) is 89.0 cm³/mol. The predicted octanol–water partition coefficient (Wildman–Crippen LogP) is 2.08. The van der Waals surface area contributed by atoms with E-state index in [-0.39, 0.29) is 11.9 Å². The van der Waals surface area contributed by atoms with Crippen LogP contribution >= 0.6 is 11.3 Å². The van der Waals surface area contributed by atoms with E-state index in [0.29, 0.717) is 48.0 Å². The second-order valence-electron chi connectivity index (χ2n) is 6.51. The molecule has 0 aliphatic carbocycles. The summed E-state index contributed by atoms with van der Waals surface area (Å²) < 4.78 is 22.3. The Morgan fingerprint density at radius 3 is 2.71 bits per heavy atom. The molecule has 3 aliphatic rings. The summed E-state index contributed by atoms with van der Waals surface area (Å²) in [6.07, 6.45) is 2.95. The van der Waals surface area contributed by atoms with Gasteiger partial charge in [-0.05, 0) is 25.2 Å². The zero-order valence-corrected chi connectivity index (χ0v) is 14.4. The first-order valence-corrected chi connectivity index (χ1v) is 9.54. The lowest BCUT2D eigenvalue weighted by atomic mass is 9.79. The van der Waals surface area contributed by atoms with Crippen LogP contribution in [0.1, 0.15) is 28.9 Å². The maximum atomic E-state index is 12.8. The molecular formula is C17H23NO5S. The van der Waals surface area contributed by atoms with Crippen molar-refractivity contribution in [1.82, 2.24) is 5.32 Å². The molecule has 1 amide bonds. The van der Waals surface area contributed by atoms with Crippen molar-refractivity contribution in [1.29, 1.82) is 0 Å². The van der Waals surface area contributed by atoms with E-state index < -0.39 is 0 Å². The standard InChI is InChI=1S/C17H23NO5S/c19-17(16-15-14(10-24-16)22-7-8-23-15)18-13-3-6-21-9-12(13)11-1-4-20-5-2-11/h10-13H,1-9H2,(H,18,19)/t12-,13-/m1/s1. The van der Waals surface area contributed by atoms with E-state index in [0.717, 1.165) is 39.1 Å². The van der Waals surface area contributed by atoms with Gasteiger partial charge >= 0.3 is 0 Å². The van der Waals surface area contributed by atoms with Crippen LogP contribution in [0.25, 0.3) is 0 Å². The van der Waals surface area contributed by atoms with Gasteiger partial charge in [0, 0.05) is 37.2 Å². The van der Waals surface area contributed by atoms with Crippen LogP contribution in [-0.4, -0.2) is 51.6 Å². The zero-order chi connectivity index (χ0) is 16.4. The van der Waals surface area contributed by atoms with Crippen molar-refractivity contribution in [3.05, 3.63) is 10.3 Å². The number of amides is 1. The van der Waals surface area contributed by atoms with Crippen molar-refractivity contribution < 1.29 is 23.7 Å². The number of rotatable bonds is 3. The third-order valence-electron chi connectivity index (χ3n) is 5.10. The fourth-order valence-electron chi connectivity index (χ4n) is 3.80. The average Bonchev–Trinajstić information content (AvgIpc) is 3.07. The van der Waals surface area contributed by atoms with Gasteiger partial charge in [-0.3, -0.25) is 4.79 Å². The highest BCUT2D eigenvalue weighted by Crippen LogP contribution is 2.39. The molecule has 0 spiro atoms. The molecule has 24 heavy (non-hydrogen) atoms. The van der Waals surface area contributed by atoms with Crippen LogP contribution < -0.4 is 14.8 Å². The summed E-state index contributed by atoms with van der Waals surface area (Å²) in [5.41, 5.74) is 0. The second-order valence-corrected chi connectivity index (χ2v) is 7.39. The van der Waals surface area contributed by atoms with Crippen LogP contribution in [0.3, 0.4) is 0 Å². The Labute approximate surface area is 145 Å². The van der Waals surface area contributed by atoms with Gasteiger partial charge in [0.1, 0.15) is 18.1 Å². The molecule has 0 saturated carbocycles. The first kappa shape index (κ1) is 16.2. The van der Waals surface area contributed by atoms with Gasteiger partial charge in [0.25, 0.3) is 5.91 Å². The van der Waals surface area contributed by atoms with Crippen molar-refractivity contribution >= 4 is 17.2 Å². The Morgan fingerprint density at radius 2 is 1.83 bits per heavy atom. The number of carbonyl (C=O) groups is 1. The van der Waals surface area contributed by atoms with Crippen LogP contribution in [0.5, 0.6) is 11.5 Å². The Bertz CT molecular complexity index is 584. The highest BCUT2D eigenvalue weighted by atomic mass is 32.1. The van der Waals surface area contributed by atoms with E-state index in [1.54, 1.807) is 0 Å². The van der Waals surface area contributed by atoms with Gasteiger partial charge in [-0.15, -0.1) is 11.3 Å². The third kappa shape index (κ3) is 3.25. The fraction of sp³-hybridized carbons (Fsp3) is 0.706. The Morgan fingerprint density at radius 1 is 1.04 bits per heavy atom. The fourth-order valence-corrected chi connectivity index (χ4v) is 4.63. The SMILES string of the molecule is O=C(N[C@@H]1CCOC[C@@H]1C1CCOCC1)c1scc2c1OCCO2. The minimum absolute atomic E-state index is 0.0595. The largest absolute Gasteiger partial charge is 0.485 e. The van der Waals surface area contributed by atoms with Gasteiger partial charge in [0.2, 0.25) is 0 Å². The third-order valence-corrected chi connectivity index (χ3v) is 6.03. The molecule has 0 aromatic carbocycles. The summed E-state index contributed by atoms with van der Waals surface area (Å²) in [6, 6.07) is 0.150. The maximum Gasteiger partial charge on any atom is 0.265 e. The number of fused-ring (bicyclic) bond motifs is 1. The molecule has 0 radical (unpaired) electrons. The van der Waals surface area contributed by atoms with Crippen molar-refractivity contribution in [3.63, 3.8) is 0 Å². The summed E-state index contributed by atoms with van der Waals surface area (Å²) in [7, 11) is 0. The van der Waals surface area contributed by atoms with Gasteiger partial charge in [0.15, 0.2) is 11.5 Å². The van der Waals surface area contributed by atoms with E-state index in [9.17, 15) is 4.79 Å². The summed E-state index contributed by atoms with van der Waals surface area (Å²) in [4.78, 5) is 13.4. The molecule has 0 bridgehead atoms. The maximum absolute atomic E-state index is 12.8. The first-order chi connectivity index (χ1) is 11.8. The molecule has 4 heterocycles. The Balaban J connectivity index is 1.46. The van der Waals surface area contributed by atoms with Crippen molar-refractivity contribution in [2.75, 3.05) is 39.6 Å². The smallest absolute Gasteiger partial charge is 0.265 e. The summed E-state index contributed by atoms with van der Waals surface area (Å²) in [6.45, 7) is 4.07. The van der Waals surface area contributed by atoms with Crippen LogP contribution in [0.4, 0.5) is 0 Å². The summed E-state index contributed by atoms with van der Waals surface area (Å²) in [5, 5.41) is 5.08. The highest BCUT2D eigenvalue weighted by molar-refractivity contribution is 7.12. The zero-order valence-electron chi connectivity index (χ0n) is 13.6. The van der Waals surface area contributed by atoms with E-state index in [1.165, 1.54) is 11.3 Å². The Kier molecular flexibility index (Phi) is 4.91. The summed E-state index contributed by atoms with van der Waals surface area (Å²) in [5.74, 6) is 2.14. The normalized spacial score (nSPS) is 27.7. The lowest BCUT2D eigenvalue weighted by Gasteiger charge is -2.39. The van der Waals surface area contributed by atoms with Gasteiger partial charge in [-0.1, -0.05) is 0 Å². The minimum Gasteiger partial charge on any atom is -0.485 e. The van der Waals surface area contributed by atoms with Gasteiger partial charge in [-0.2, -0.15) is 0 Å². The van der Waals surface area contributed by atoms with Gasteiger partial charge < -0.3 is 24.3 Å². The number of ether oxygens (including phenoxy) is 4. The van der Waals surface area contributed by atoms with Crippen LogP contribution in [0, 0.1) is 11.8 Å². The Hall–Kier alpha value is -1.31. The monoisotopic (exact) mass is 353 g/mol. The quantitative estimate of drug-likeness (QED) is 0.901. The van der Waals surface area contributed by atoms with E-state index >= 15 is 0 Å². The molecule has 4 rings (SSSR count). The lowest BCUT2D eigenvalue weighted by molar-refractivity contribution is -0.0259. The minimum atomic E-state index is -0.0595. The second kappa shape index (κ2) is 7.29. The van der Waals surface area contributed by atoms with Crippen molar-refractivity contribution in [3.8, 4) is 11.5 Å². The van der Waals surface area contributed by atoms with E-state index in [2.05, 4.69) is 5.32 Å². The first-order valence-electron chi connectivity index (χ1n) is 8.66. The molecule has 132 valence electrons. The van der Waals surface area contributed by atoms with Crippen LogP contribution in [0.15, 0.2) is 5.38 Å². The molecule has 0 unspecified atom stereocenters. The van der Waals surface area contributed by atoms with Crippen LogP contribution in [-0.2, 0) is 9.47 Å². The van der Waals surface area contributed by atoms with Crippen LogP contribution in [0.2, 0.25) is 0 Å². The van der Waals surface area contributed by atoms with E-state index in [4.69, 9.17) is 18.9 Å². The van der Waals surface area contributed by atoms with E-state index in [1.807, 2.05) is 5.38 Å². The molecule has 7 heteroatoms. The summed E-state index contributed by atoms with van der Waals surface area (Å²) >= 11 is 1.39. The lowest BCUT2D eigenvalue weighted by Crippen LogP contribution is -2.49. The number of hydrogen-bond donors (Lipinski definition) is 1.